The number of aliphatic hydroxyl groups is 1. The monoisotopic (exact) mass is 285 g/mol. The van der Waals surface area contributed by atoms with Gasteiger partial charge in [0.2, 0.25) is 0 Å². The minimum atomic E-state index is -0.644. The molecule has 1 aromatic heterocycles. The highest BCUT2D eigenvalue weighted by atomic mass is 16.5. The first-order chi connectivity index (χ1) is 10.2. The molecule has 0 fully saturated rings. The maximum atomic E-state index is 10.5. The predicted octanol–water partition coefficient (Wildman–Crippen LogP) is 2.69. The van der Waals surface area contributed by atoms with Gasteiger partial charge in [-0.3, -0.25) is 4.98 Å². The van der Waals surface area contributed by atoms with Crippen molar-refractivity contribution in [2.24, 2.45) is 0 Å². The molecular weight excluding hydrogens is 266 g/mol. The van der Waals surface area contributed by atoms with Crippen LogP contribution in [0.25, 0.3) is 0 Å². The van der Waals surface area contributed by atoms with Crippen molar-refractivity contribution in [3.63, 3.8) is 0 Å². The summed E-state index contributed by atoms with van der Waals surface area (Å²) >= 11 is 0. The number of pyridine rings is 1. The Morgan fingerprint density at radius 2 is 2.33 bits per heavy atom. The SMILES string of the molecule is COc1cc2c(cc1C(O)Cc1cccnc1)OC(C)C2. The summed E-state index contributed by atoms with van der Waals surface area (Å²) in [6.45, 7) is 2.04. The summed E-state index contributed by atoms with van der Waals surface area (Å²) in [4.78, 5) is 4.07. The van der Waals surface area contributed by atoms with Gasteiger partial charge in [-0.1, -0.05) is 6.07 Å². The third-order valence-corrected chi connectivity index (χ3v) is 3.76. The highest BCUT2D eigenvalue weighted by Crippen LogP contribution is 2.38. The number of fused-ring (bicyclic) bond motifs is 1. The van der Waals surface area contributed by atoms with Crippen molar-refractivity contribution < 1.29 is 14.6 Å². The smallest absolute Gasteiger partial charge is 0.125 e. The molecule has 2 heterocycles. The topological polar surface area (TPSA) is 51.6 Å². The molecule has 2 unspecified atom stereocenters. The Bertz CT molecular complexity index is 627. The van der Waals surface area contributed by atoms with Crippen molar-refractivity contribution in [2.45, 2.75) is 32.0 Å². The van der Waals surface area contributed by atoms with Gasteiger partial charge in [0.1, 0.15) is 17.6 Å². The van der Waals surface area contributed by atoms with Crippen LogP contribution in [0.1, 0.15) is 29.7 Å². The number of hydrogen-bond donors (Lipinski definition) is 1. The molecule has 0 aliphatic carbocycles. The molecule has 2 aromatic rings. The first kappa shape index (κ1) is 13.9. The summed E-state index contributed by atoms with van der Waals surface area (Å²) in [7, 11) is 1.63. The number of hydrogen-bond acceptors (Lipinski definition) is 4. The second kappa shape index (κ2) is 5.74. The molecule has 1 N–H and O–H groups in total. The molecule has 4 heteroatoms. The van der Waals surface area contributed by atoms with Crippen LogP contribution in [0.4, 0.5) is 0 Å². The fraction of sp³-hybridized carbons (Fsp3) is 0.353. The molecule has 0 saturated carbocycles. The summed E-state index contributed by atoms with van der Waals surface area (Å²) in [6, 6.07) is 7.70. The Hall–Kier alpha value is -2.07. The van der Waals surface area contributed by atoms with E-state index in [-0.39, 0.29) is 6.10 Å². The number of aromatic nitrogens is 1. The van der Waals surface area contributed by atoms with Crippen molar-refractivity contribution in [3.8, 4) is 11.5 Å². The lowest BCUT2D eigenvalue weighted by atomic mass is 9.99. The lowest BCUT2D eigenvalue weighted by molar-refractivity contribution is 0.173. The summed E-state index contributed by atoms with van der Waals surface area (Å²) < 4.78 is 11.2. The lowest BCUT2D eigenvalue weighted by Gasteiger charge is -2.16. The van der Waals surface area contributed by atoms with Gasteiger partial charge in [0.25, 0.3) is 0 Å². The van der Waals surface area contributed by atoms with Crippen LogP contribution in [0.2, 0.25) is 0 Å². The van der Waals surface area contributed by atoms with E-state index in [1.807, 2.05) is 31.2 Å². The van der Waals surface area contributed by atoms with Crippen molar-refractivity contribution in [1.29, 1.82) is 0 Å². The molecule has 3 rings (SSSR count). The molecule has 4 nitrogen and oxygen atoms in total. The van der Waals surface area contributed by atoms with E-state index in [0.717, 1.165) is 28.9 Å². The zero-order chi connectivity index (χ0) is 14.8. The van der Waals surface area contributed by atoms with E-state index >= 15 is 0 Å². The van der Waals surface area contributed by atoms with Crippen LogP contribution in [0.5, 0.6) is 11.5 Å². The molecule has 0 amide bonds. The van der Waals surface area contributed by atoms with Crippen LogP contribution < -0.4 is 9.47 Å². The molecule has 1 aromatic carbocycles. The fourth-order valence-corrected chi connectivity index (χ4v) is 2.74. The van der Waals surface area contributed by atoms with E-state index in [9.17, 15) is 5.11 Å². The van der Waals surface area contributed by atoms with Gasteiger partial charge in [0, 0.05) is 36.4 Å². The van der Waals surface area contributed by atoms with Crippen LogP contribution in [-0.2, 0) is 12.8 Å². The first-order valence-corrected chi connectivity index (χ1v) is 7.12. The first-order valence-electron chi connectivity index (χ1n) is 7.12. The number of aliphatic hydroxyl groups excluding tert-OH is 1. The maximum absolute atomic E-state index is 10.5. The van der Waals surface area contributed by atoms with Crippen LogP contribution in [0.15, 0.2) is 36.7 Å². The minimum Gasteiger partial charge on any atom is -0.496 e. The predicted molar refractivity (Wildman–Crippen MR) is 79.7 cm³/mol. The van der Waals surface area contributed by atoms with Crippen molar-refractivity contribution >= 4 is 0 Å². The van der Waals surface area contributed by atoms with Gasteiger partial charge in [-0.15, -0.1) is 0 Å². The molecule has 21 heavy (non-hydrogen) atoms. The van der Waals surface area contributed by atoms with Gasteiger partial charge in [-0.05, 0) is 30.7 Å². The van der Waals surface area contributed by atoms with Gasteiger partial charge in [-0.25, -0.2) is 0 Å². The van der Waals surface area contributed by atoms with Gasteiger partial charge in [-0.2, -0.15) is 0 Å². The standard InChI is InChI=1S/C17H19NO3/c1-11-6-13-8-17(20-2)14(9-16(13)21-11)15(19)7-12-4-3-5-18-10-12/h3-5,8-11,15,19H,6-7H2,1-2H3. The summed E-state index contributed by atoms with van der Waals surface area (Å²) in [5.74, 6) is 1.56. The summed E-state index contributed by atoms with van der Waals surface area (Å²) in [5.41, 5.74) is 2.88. The van der Waals surface area contributed by atoms with Gasteiger partial charge in [0.05, 0.1) is 13.2 Å². The Morgan fingerprint density at radius 3 is 3.05 bits per heavy atom. The molecular formula is C17H19NO3. The van der Waals surface area contributed by atoms with E-state index in [0.29, 0.717) is 12.2 Å². The zero-order valence-corrected chi connectivity index (χ0v) is 12.2. The van der Waals surface area contributed by atoms with E-state index in [1.54, 1.807) is 19.5 Å². The molecule has 2 atom stereocenters. The number of methoxy groups -OCH3 is 1. The largest absolute Gasteiger partial charge is 0.496 e. The molecule has 1 aliphatic rings. The van der Waals surface area contributed by atoms with E-state index in [4.69, 9.17) is 9.47 Å². The van der Waals surface area contributed by atoms with E-state index < -0.39 is 6.10 Å². The average molecular weight is 285 g/mol. The highest BCUT2D eigenvalue weighted by Gasteiger charge is 2.24. The van der Waals surface area contributed by atoms with Gasteiger partial charge >= 0.3 is 0 Å². The summed E-state index contributed by atoms with van der Waals surface area (Å²) in [5, 5.41) is 10.5. The minimum absolute atomic E-state index is 0.176. The van der Waals surface area contributed by atoms with Crippen molar-refractivity contribution in [1.82, 2.24) is 4.98 Å². The Morgan fingerprint density at radius 1 is 1.48 bits per heavy atom. The van der Waals surface area contributed by atoms with Gasteiger partial charge < -0.3 is 14.6 Å². The second-order valence-corrected chi connectivity index (χ2v) is 5.42. The van der Waals surface area contributed by atoms with Crippen LogP contribution in [0, 0.1) is 0 Å². The lowest BCUT2D eigenvalue weighted by Crippen LogP contribution is -2.06. The number of nitrogens with zero attached hydrogens (tertiary/aromatic N) is 1. The highest BCUT2D eigenvalue weighted by molar-refractivity contribution is 5.49. The Balaban J connectivity index is 1.89. The molecule has 110 valence electrons. The van der Waals surface area contributed by atoms with Gasteiger partial charge in [0.15, 0.2) is 0 Å². The van der Waals surface area contributed by atoms with Crippen LogP contribution in [-0.4, -0.2) is 23.3 Å². The Kier molecular flexibility index (Phi) is 3.80. The fourth-order valence-electron chi connectivity index (χ4n) is 2.74. The van der Waals surface area contributed by atoms with E-state index in [1.165, 1.54) is 0 Å². The Labute approximate surface area is 124 Å². The van der Waals surface area contributed by atoms with Crippen LogP contribution >= 0.6 is 0 Å². The third kappa shape index (κ3) is 2.85. The average Bonchev–Trinajstić information content (AvgIpc) is 2.85. The number of benzene rings is 1. The molecule has 1 aliphatic heterocycles. The molecule has 0 saturated heterocycles. The van der Waals surface area contributed by atoms with E-state index in [2.05, 4.69) is 4.98 Å². The summed E-state index contributed by atoms with van der Waals surface area (Å²) in [6.07, 6.45) is 4.40. The molecule has 0 bridgehead atoms. The van der Waals surface area contributed by atoms with Crippen molar-refractivity contribution in [2.75, 3.05) is 7.11 Å². The molecule has 0 radical (unpaired) electrons. The number of rotatable bonds is 4. The van der Waals surface area contributed by atoms with Crippen LogP contribution in [0.3, 0.4) is 0 Å². The number of ether oxygens (including phenoxy) is 2. The molecule has 0 spiro atoms. The third-order valence-electron chi connectivity index (χ3n) is 3.76. The zero-order valence-electron chi connectivity index (χ0n) is 12.2. The normalized spacial score (nSPS) is 18.0. The maximum Gasteiger partial charge on any atom is 0.125 e. The van der Waals surface area contributed by atoms with Crippen molar-refractivity contribution in [3.05, 3.63) is 53.3 Å². The quantitative estimate of drug-likeness (QED) is 0.938. The second-order valence-electron chi connectivity index (χ2n) is 5.42.